The molecule has 76 valence electrons. The van der Waals surface area contributed by atoms with Crippen LogP contribution in [0.5, 0.6) is 0 Å². The zero-order valence-corrected chi connectivity index (χ0v) is 7.93. The van der Waals surface area contributed by atoms with Gasteiger partial charge in [0.15, 0.2) is 5.76 Å². The van der Waals surface area contributed by atoms with Gasteiger partial charge in [-0.15, -0.1) is 0 Å². The number of fused-ring (bicyclic) bond motifs is 1. The summed E-state index contributed by atoms with van der Waals surface area (Å²) in [7, 11) is 0. The third-order valence-corrected chi connectivity index (χ3v) is 2.09. The molecule has 6 nitrogen and oxygen atoms in total. The quantitative estimate of drug-likeness (QED) is 0.428. The summed E-state index contributed by atoms with van der Waals surface area (Å²) in [6, 6.07) is 1.64. The zero-order valence-electron chi connectivity index (χ0n) is 7.93. The second kappa shape index (κ2) is 3.51. The third kappa shape index (κ3) is 1.58. The van der Waals surface area contributed by atoms with Crippen LogP contribution >= 0.6 is 0 Å². The number of hydrogen-bond acceptors (Lipinski definition) is 4. The minimum Gasteiger partial charge on any atom is -0.465 e. The summed E-state index contributed by atoms with van der Waals surface area (Å²) in [5, 5.41) is 3.36. The van der Waals surface area contributed by atoms with Crippen molar-refractivity contribution >= 4 is 0 Å². The van der Waals surface area contributed by atoms with Gasteiger partial charge in [-0.25, -0.2) is 4.79 Å². The Kier molecular flexibility index (Phi) is 2.19. The molecule has 0 aromatic heterocycles. The maximum Gasteiger partial charge on any atom is 0.339 e. The standard InChI is InChI=1S/C9H7N3O3/c1-5-7-2-6(3-11-12-10)14-4-8(7)15-9(5)13/h2,4H,3H2,1H3. The van der Waals surface area contributed by atoms with E-state index in [1.807, 2.05) is 0 Å². The van der Waals surface area contributed by atoms with Gasteiger partial charge in [-0.2, -0.15) is 0 Å². The Morgan fingerprint density at radius 3 is 3.13 bits per heavy atom. The molecule has 0 bridgehead atoms. The van der Waals surface area contributed by atoms with Crippen LogP contribution in [-0.2, 0) is 6.54 Å². The Morgan fingerprint density at radius 1 is 1.60 bits per heavy atom. The lowest BCUT2D eigenvalue weighted by Gasteiger charge is -1.99. The molecule has 0 spiro atoms. The van der Waals surface area contributed by atoms with Crippen LogP contribution < -0.4 is 5.63 Å². The predicted molar refractivity (Wildman–Crippen MR) is 51.5 cm³/mol. The Balaban J connectivity index is 2.54. The molecule has 6 heteroatoms. The predicted octanol–water partition coefficient (Wildman–Crippen LogP) is 2.46. The van der Waals surface area contributed by atoms with E-state index < -0.39 is 0 Å². The first kappa shape index (κ1) is 9.36. The van der Waals surface area contributed by atoms with Crippen LogP contribution in [-0.4, -0.2) is 0 Å². The van der Waals surface area contributed by atoms with Gasteiger partial charge in [0.05, 0.1) is 6.54 Å². The Morgan fingerprint density at radius 2 is 2.40 bits per heavy atom. The molecule has 2 aliphatic heterocycles. The average molecular weight is 205 g/mol. The van der Waals surface area contributed by atoms with E-state index in [4.69, 9.17) is 14.4 Å². The minimum absolute atomic E-state index is 0.116. The van der Waals surface area contributed by atoms with Gasteiger partial charge >= 0.3 is 5.63 Å². The number of azide groups is 1. The molecule has 0 amide bonds. The largest absolute Gasteiger partial charge is 0.465 e. The summed E-state index contributed by atoms with van der Waals surface area (Å²) in [6.45, 7) is 1.79. The van der Waals surface area contributed by atoms with E-state index in [2.05, 4.69) is 10.0 Å². The van der Waals surface area contributed by atoms with Gasteiger partial charge in [-0.3, -0.25) is 0 Å². The fourth-order valence-electron chi connectivity index (χ4n) is 1.30. The van der Waals surface area contributed by atoms with Crippen LogP contribution in [0.4, 0.5) is 0 Å². The highest BCUT2D eigenvalue weighted by Gasteiger charge is 2.15. The third-order valence-electron chi connectivity index (χ3n) is 2.09. The molecule has 2 heterocycles. The number of rotatable bonds is 2. The smallest absolute Gasteiger partial charge is 0.339 e. The minimum atomic E-state index is -0.374. The van der Waals surface area contributed by atoms with Crippen LogP contribution in [0.3, 0.4) is 0 Å². The van der Waals surface area contributed by atoms with Gasteiger partial charge in [-0.05, 0) is 18.5 Å². The molecule has 0 atom stereocenters. The maximum atomic E-state index is 11.2. The summed E-state index contributed by atoms with van der Waals surface area (Å²) in [5.74, 6) is 0.895. The number of furan rings is 1. The fourth-order valence-corrected chi connectivity index (χ4v) is 1.30. The molecule has 0 N–H and O–H groups in total. The van der Waals surface area contributed by atoms with E-state index >= 15 is 0 Å². The van der Waals surface area contributed by atoms with Gasteiger partial charge in [-0.1, -0.05) is 5.11 Å². The van der Waals surface area contributed by atoms with Gasteiger partial charge in [0.1, 0.15) is 12.0 Å². The number of hydrogen-bond donors (Lipinski definition) is 0. The van der Waals surface area contributed by atoms with Crippen molar-refractivity contribution in [3.63, 3.8) is 0 Å². The van der Waals surface area contributed by atoms with Crippen molar-refractivity contribution in [2.75, 3.05) is 0 Å². The van der Waals surface area contributed by atoms with Crippen LogP contribution in [0.25, 0.3) is 21.8 Å². The SMILES string of the molecule is Cc1c2cc(CN=[N+]=[N-])occ-2oc1=O. The van der Waals surface area contributed by atoms with Gasteiger partial charge in [0, 0.05) is 16.0 Å². The summed E-state index contributed by atoms with van der Waals surface area (Å²) in [4.78, 5) is 13.8. The molecular weight excluding hydrogens is 198 g/mol. The van der Waals surface area contributed by atoms with E-state index in [0.29, 0.717) is 22.6 Å². The first-order valence-electron chi connectivity index (χ1n) is 4.24. The molecule has 0 unspecified atom stereocenters. The van der Waals surface area contributed by atoms with Crippen molar-refractivity contribution < 1.29 is 8.83 Å². The number of nitrogens with zero attached hydrogens (tertiary/aromatic N) is 3. The highest BCUT2D eigenvalue weighted by atomic mass is 16.4. The lowest BCUT2D eigenvalue weighted by atomic mass is 10.1. The highest BCUT2D eigenvalue weighted by Crippen LogP contribution is 2.25. The van der Waals surface area contributed by atoms with Crippen molar-refractivity contribution in [2.45, 2.75) is 13.5 Å². The Hall–Kier alpha value is -2.20. The monoisotopic (exact) mass is 205 g/mol. The van der Waals surface area contributed by atoms with Crippen LogP contribution in [0.15, 0.2) is 31.1 Å². The lowest BCUT2D eigenvalue weighted by molar-refractivity contribution is 0.463. The Labute approximate surface area is 84.1 Å². The first-order valence-corrected chi connectivity index (χ1v) is 4.24. The second-order valence-electron chi connectivity index (χ2n) is 3.03. The summed E-state index contributed by atoms with van der Waals surface area (Å²) >= 11 is 0. The van der Waals surface area contributed by atoms with E-state index in [1.54, 1.807) is 13.0 Å². The van der Waals surface area contributed by atoms with Crippen molar-refractivity contribution in [1.29, 1.82) is 0 Å². The molecule has 0 aliphatic carbocycles. The normalized spacial score (nSPS) is 10.2. The fraction of sp³-hybridized carbons (Fsp3) is 0.222. The lowest BCUT2D eigenvalue weighted by Crippen LogP contribution is -1.93. The average Bonchev–Trinajstić information content (AvgIpc) is 2.52. The van der Waals surface area contributed by atoms with Gasteiger partial charge < -0.3 is 8.83 Å². The molecular formula is C9H7N3O3. The topological polar surface area (TPSA) is 92.1 Å². The van der Waals surface area contributed by atoms with Crippen LogP contribution in [0.2, 0.25) is 0 Å². The van der Waals surface area contributed by atoms with E-state index in [9.17, 15) is 4.79 Å². The van der Waals surface area contributed by atoms with Gasteiger partial charge in [0.2, 0.25) is 0 Å². The van der Waals surface area contributed by atoms with Crippen LogP contribution in [0, 0.1) is 6.92 Å². The van der Waals surface area contributed by atoms with Crippen LogP contribution in [0.1, 0.15) is 11.3 Å². The summed E-state index contributed by atoms with van der Waals surface area (Å²) in [5.41, 5.74) is 8.99. The molecule has 0 fully saturated rings. The molecule has 15 heavy (non-hydrogen) atoms. The van der Waals surface area contributed by atoms with Crippen molar-refractivity contribution in [2.24, 2.45) is 5.11 Å². The Bertz CT molecular complexity index is 563. The van der Waals surface area contributed by atoms with Crippen molar-refractivity contribution in [1.82, 2.24) is 0 Å². The van der Waals surface area contributed by atoms with Crippen molar-refractivity contribution in [3.05, 3.63) is 44.5 Å². The van der Waals surface area contributed by atoms with Crippen molar-refractivity contribution in [3.8, 4) is 11.3 Å². The molecule has 0 aromatic rings. The van der Waals surface area contributed by atoms with Gasteiger partial charge in [0.25, 0.3) is 0 Å². The summed E-state index contributed by atoms with van der Waals surface area (Å²) in [6.07, 6.45) is 1.34. The maximum absolute atomic E-state index is 11.2. The molecule has 2 rings (SSSR count). The van der Waals surface area contributed by atoms with E-state index in [0.717, 1.165) is 0 Å². The molecule has 0 radical (unpaired) electrons. The molecule has 0 saturated carbocycles. The second-order valence-corrected chi connectivity index (χ2v) is 3.03. The molecule has 0 saturated heterocycles. The van der Waals surface area contributed by atoms with E-state index in [-0.39, 0.29) is 12.2 Å². The molecule has 0 aromatic carbocycles. The zero-order chi connectivity index (χ0) is 10.8. The summed E-state index contributed by atoms with van der Waals surface area (Å²) < 4.78 is 10.0. The highest BCUT2D eigenvalue weighted by molar-refractivity contribution is 5.61. The van der Waals surface area contributed by atoms with E-state index in [1.165, 1.54) is 6.26 Å². The molecule has 2 aliphatic rings. The first-order chi connectivity index (χ1) is 7.22.